The number of aromatic nitrogens is 3. The van der Waals surface area contributed by atoms with Crippen LogP contribution in [0.15, 0.2) is 11.5 Å². The zero-order valence-corrected chi connectivity index (χ0v) is 9.38. The third-order valence-corrected chi connectivity index (χ3v) is 3.33. The second-order valence-corrected chi connectivity index (χ2v) is 4.74. The Morgan fingerprint density at radius 2 is 2.60 bits per heavy atom. The van der Waals surface area contributed by atoms with Crippen molar-refractivity contribution in [2.24, 2.45) is 5.92 Å². The van der Waals surface area contributed by atoms with Crippen LogP contribution in [-0.4, -0.2) is 32.9 Å². The molecule has 1 heterocycles. The minimum Gasteiger partial charge on any atom is -0.353 e. The Balaban J connectivity index is 1.68. The van der Waals surface area contributed by atoms with Crippen LogP contribution in [0.2, 0.25) is 0 Å². The zero-order valence-electron chi connectivity index (χ0n) is 8.56. The molecule has 82 valence electrons. The number of thioether (sulfide) groups is 1. The first-order valence-electron chi connectivity index (χ1n) is 5.03. The van der Waals surface area contributed by atoms with Crippen LogP contribution < -0.4 is 5.32 Å². The second-order valence-electron chi connectivity index (χ2n) is 3.77. The van der Waals surface area contributed by atoms with E-state index in [9.17, 15) is 4.79 Å². The molecule has 0 radical (unpaired) electrons. The van der Waals surface area contributed by atoms with Gasteiger partial charge in [-0.3, -0.25) is 9.89 Å². The van der Waals surface area contributed by atoms with E-state index in [1.165, 1.54) is 30.9 Å². The van der Waals surface area contributed by atoms with Crippen molar-refractivity contribution < 1.29 is 4.79 Å². The maximum Gasteiger partial charge on any atom is 0.230 e. The van der Waals surface area contributed by atoms with Crippen LogP contribution in [0, 0.1) is 5.92 Å². The largest absolute Gasteiger partial charge is 0.353 e. The molecule has 6 heteroatoms. The Kier molecular flexibility index (Phi) is 3.25. The highest BCUT2D eigenvalue weighted by atomic mass is 32.2. The number of amides is 1. The van der Waals surface area contributed by atoms with E-state index in [0.717, 1.165) is 0 Å². The summed E-state index contributed by atoms with van der Waals surface area (Å²) < 4.78 is 0. The summed E-state index contributed by atoms with van der Waals surface area (Å²) >= 11 is 1.37. The molecule has 1 fully saturated rings. The van der Waals surface area contributed by atoms with Gasteiger partial charge >= 0.3 is 0 Å². The minimum atomic E-state index is 0.0656. The van der Waals surface area contributed by atoms with Crippen LogP contribution in [0.4, 0.5) is 0 Å². The molecule has 1 aliphatic carbocycles. The van der Waals surface area contributed by atoms with Crippen molar-refractivity contribution in [2.45, 2.75) is 31.0 Å². The molecule has 1 atom stereocenters. The molecule has 0 saturated heterocycles. The number of rotatable bonds is 5. The van der Waals surface area contributed by atoms with Crippen LogP contribution >= 0.6 is 11.8 Å². The summed E-state index contributed by atoms with van der Waals surface area (Å²) in [5.74, 6) is 1.16. The summed E-state index contributed by atoms with van der Waals surface area (Å²) in [6.07, 6.45) is 3.93. The molecule has 1 amide bonds. The lowest BCUT2D eigenvalue weighted by molar-refractivity contribution is -0.119. The fourth-order valence-electron chi connectivity index (χ4n) is 1.41. The van der Waals surface area contributed by atoms with Gasteiger partial charge in [-0.1, -0.05) is 11.8 Å². The average molecular weight is 226 g/mol. The van der Waals surface area contributed by atoms with Crippen molar-refractivity contribution >= 4 is 17.7 Å². The van der Waals surface area contributed by atoms with Gasteiger partial charge in [-0.05, 0) is 25.7 Å². The Hall–Kier alpha value is -1.04. The summed E-state index contributed by atoms with van der Waals surface area (Å²) in [6.45, 7) is 2.06. The minimum absolute atomic E-state index is 0.0656. The summed E-state index contributed by atoms with van der Waals surface area (Å²) in [6, 6.07) is 0.313. The smallest absolute Gasteiger partial charge is 0.230 e. The molecular weight excluding hydrogens is 212 g/mol. The van der Waals surface area contributed by atoms with E-state index >= 15 is 0 Å². The van der Waals surface area contributed by atoms with E-state index in [-0.39, 0.29) is 5.91 Å². The average Bonchev–Trinajstić information content (AvgIpc) is 2.93. The van der Waals surface area contributed by atoms with Crippen molar-refractivity contribution in [2.75, 3.05) is 5.75 Å². The van der Waals surface area contributed by atoms with Crippen LogP contribution in [0.1, 0.15) is 19.8 Å². The molecule has 1 saturated carbocycles. The van der Waals surface area contributed by atoms with Crippen LogP contribution in [0.3, 0.4) is 0 Å². The number of carbonyl (C=O) groups excluding carboxylic acids is 1. The Labute approximate surface area is 92.4 Å². The monoisotopic (exact) mass is 226 g/mol. The molecule has 5 nitrogen and oxygen atoms in total. The molecule has 1 aromatic rings. The van der Waals surface area contributed by atoms with Gasteiger partial charge in [0.15, 0.2) is 5.16 Å². The van der Waals surface area contributed by atoms with Crippen LogP contribution in [-0.2, 0) is 4.79 Å². The van der Waals surface area contributed by atoms with Gasteiger partial charge in [-0.2, -0.15) is 5.10 Å². The first-order valence-corrected chi connectivity index (χ1v) is 6.02. The number of aromatic amines is 1. The lowest BCUT2D eigenvalue weighted by atomic mass is 10.2. The number of nitrogens with one attached hydrogen (secondary N) is 2. The van der Waals surface area contributed by atoms with Crippen LogP contribution in [0.5, 0.6) is 0 Å². The molecule has 15 heavy (non-hydrogen) atoms. The van der Waals surface area contributed by atoms with Gasteiger partial charge in [0.1, 0.15) is 6.33 Å². The number of hydrogen-bond acceptors (Lipinski definition) is 4. The molecule has 0 aromatic carbocycles. The standard InChI is InChI=1S/C9H14N4OS/c1-6(7-2-3-7)12-8(14)4-15-9-10-5-11-13-9/h5-7H,2-4H2,1H3,(H,12,14)(H,10,11,13)/t6-/m0/s1. The van der Waals surface area contributed by atoms with E-state index in [2.05, 4.69) is 27.4 Å². The number of H-pyrrole nitrogens is 1. The molecule has 2 N–H and O–H groups in total. The SMILES string of the molecule is C[C@H](NC(=O)CSc1ncn[nH]1)C1CC1. The van der Waals surface area contributed by atoms with Crippen molar-refractivity contribution in [1.29, 1.82) is 0 Å². The van der Waals surface area contributed by atoms with E-state index in [0.29, 0.717) is 22.9 Å². The highest BCUT2D eigenvalue weighted by molar-refractivity contribution is 7.99. The van der Waals surface area contributed by atoms with Crippen molar-refractivity contribution in [1.82, 2.24) is 20.5 Å². The highest BCUT2D eigenvalue weighted by Crippen LogP contribution is 2.32. The maximum absolute atomic E-state index is 11.5. The molecule has 0 spiro atoms. The van der Waals surface area contributed by atoms with Gasteiger partial charge in [-0.15, -0.1) is 0 Å². The predicted octanol–water partition coefficient (Wildman–Crippen LogP) is 0.811. The van der Waals surface area contributed by atoms with E-state index in [1.807, 2.05) is 0 Å². The van der Waals surface area contributed by atoms with Gasteiger partial charge in [0, 0.05) is 6.04 Å². The molecule has 1 aliphatic rings. The second kappa shape index (κ2) is 4.65. The lowest BCUT2D eigenvalue weighted by Crippen LogP contribution is -2.35. The molecule has 0 bridgehead atoms. The van der Waals surface area contributed by atoms with Crippen molar-refractivity contribution in [3.05, 3.63) is 6.33 Å². The zero-order chi connectivity index (χ0) is 10.7. The summed E-state index contributed by atoms with van der Waals surface area (Å²) in [7, 11) is 0. The van der Waals surface area contributed by atoms with Gasteiger partial charge < -0.3 is 5.32 Å². The third kappa shape index (κ3) is 3.23. The van der Waals surface area contributed by atoms with Crippen LogP contribution in [0.25, 0.3) is 0 Å². The van der Waals surface area contributed by atoms with Gasteiger partial charge in [-0.25, -0.2) is 4.98 Å². The third-order valence-electron chi connectivity index (χ3n) is 2.45. The van der Waals surface area contributed by atoms with Crippen molar-refractivity contribution in [3.63, 3.8) is 0 Å². The molecule has 0 unspecified atom stereocenters. The molecule has 1 aromatic heterocycles. The summed E-state index contributed by atoms with van der Waals surface area (Å²) in [5.41, 5.74) is 0. The maximum atomic E-state index is 11.5. The Morgan fingerprint density at radius 1 is 1.80 bits per heavy atom. The fourth-order valence-corrected chi connectivity index (χ4v) is 2.00. The lowest BCUT2D eigenvalue weighted by Gasteiger charge is -2.11. The normalized spacial score (nSPS) is 17.4. The Bertz CT molecular complexity index is 323. The van der Waals surface area contributed by atoms with E-state index in [1.54, 1.807) is 0 Å². The molecular formula is C9H14N4OS. The molecule has 2 rings (SSSR count). The Morgan fingerprint density at radius 3 is 3.20 bits per heavy atom. The predicted molar refractivity (Wildman–Crippen MR) is 57.4 cm³/mol. The highest BCUT2D eigenvalue weighted by Gasteiger charge is 2.28. The number of carbonyl (C=O) groups is 1. The van der Waals surface area contributed by atoms with Gasteiger partial charge in [0.05, 0.1) is 5.75 Å². The fraction of sp³-hybridized carbons (Fsp3) is 0.667. The molecule has 0 aliphatic heterocycles. The van der Waals surface area contributed by atoms with E-state index in [4.69, 9.17) is 0 Å². The summed E-state index contributed by atoms with van der Waals surface area (Å²) in [5, 5.41) is 10.1. The van der Waals surface area contributed by atoms with Gasteiger partial charge in [0.2, 0.25) is 5.91 Å². The topological polar surface area (TPSA) is 70.7 Å². The number of nitrogens with zero attached hydrogens (tertiary/aromatic N) is 2. The number of hydrogen-bond donors (Lipinski definition) is 2. The van der Waals surface area contributed by atoms with Gasteiger partial charge in [0.25, 0.3) is 0 Å². The quantitative estimate of drug-likeness (QED) is 0.729. The van der Waals surface area contributed by atoms with E-state index < -0.39 is 0 Å². The first-order chi connectivity index (χ1) is 7.25. The summed E-state index contributed by atoms with van der Waals surface area (Å²) in [4.78, 5) is 15.4. The van der Waals surface area contributed by atoms with Crippen molar-refractivity contribution in [3.8, 4) is 0 Å². The first kappa shape index (κ1) is 10.5.